The van der Waals surface area contributed by atoms with E-state index in [1.807, 2.05) is 0 Å². The highest BCUT2D eigenvalue weighted by molar-refractivity contribution is 6.30. The van der Waals surface area contributed by atoms with Crippen LogP contribution in [0.3, 0.4) is 0 Å². The monoisotopic (exact) mass is 240 g/mol. The lowest BCUT2D eigenvalue weighted by Gasteiger charge is -2.05. The Morgan fingerprint density at radius 2 is 1.88 bits per heavy atom. The molecule has 0 radical (unpaired) electrons. The minimum atomic E-state index is -0.933. The number of hydrogen-bond donors (Lipinski definition) is 1. The third-order valence-corrected chi connectivity index (χ3v) is 2.32. The van der Waals surface area contributed by atoms with E-state index in [9.17, 15) is 8.78 Å². The van der Waals surface area contributed by atoms with Crippen molar-refractivity contribution < 1.29 is 8.78 Å². The fourth-order valence-electron chi connectivity index (χ4n) is 1.34. The van der Waals surface area contributed by atoms with Gasteiger partial charge in [-0.3, -0.25) is 0 Å². The normalized spacial score (nSPS) is 10.4. The average Bonchev–Trinajstić information content (AvgIpc) is 2.26. The van der Waals surface area contributed by atoms with Crippen molar-refractivity contribution in [2.45, 2.75) is 0 Å². The quantitative estimate of drug-likeness (QED) is 0.831. The smallest absolute Gasteiger partial charge is 0.159 e. The Morgan fingerprint density at radius 3 is 2.56 bits per heavy atom. The van der Waals surface area contributed by atoms with Crippen molar-refractivity contribution in [3.8, 4) is 11.1 Å². The van der Waals surface area contributed by atoms with Crippen LogP contribution >= 0.6 is 11.6 Å². The van der Waals surface area contributed by atoms with Crippen LogP contribution in [0.4, 0.5) is 14.6 Å². The number of pyridine rings is 1. The van der Waals surface area contributed by atoms with E-state index in [1.165, 1.54) is 12.3 Å². The van der Waals surface area contributed by atoms with Crippen LogP contribution in [0.25, 0.3) is 11.1 Å². The predicted molar refractivity (Wildman–Crippen MR) is 59.0 cm³/mol. The van der Waals surface area contributed by atoms with E-state index in [2.05, 4.69) is 4.98 Å². The van der Waals surface area contributed by atoms with Crippen LogP contribution in [0.5, 0.6) is 0 Å². The molecule has 0 unspecified atom stereocenters. The first-order valence-electron chi connectivity index (χ1n) is 4.44. The van der Waals surface area contributed by atoms with E-state index in [1.54, 1.807) is 6.07 Å². The van der Waals surface area contributed by atoms with Crippen molar-refractivity contribution in [2.75, 3.05) is 5.73 Å². The molecule has 16 heavy (non-hydrogen) atoms. The molecule has 0 amide bonds. The van der Waals surface area contributed by atoms with Gasteiger partial charge in [0.25, 0.3) is 0 Å². The first kappa shape index (κ1) is 10.8. The van der Waals surface area contributed by atoms with Crippen LogP contribution in [0.1, 0.15) is 0 Å². The van der Waals surface area contributed by atoms with Gasteiger partial charge in [0.05, 0.1) is 5.02 Å². The zero-order valence-corrected chi connectivity index (χ0v) is 8.80. The second kappa shape index (κ2) is 4.06. The number of hydrogen-bond acceptors (Lipinski definition) is 2. The van der Waals surface area contributed by atoms with Crippen molar-refractivity contribution in [1.82, 2.24) is 4.98 Å². The van der Waals surface area contributed by atoms with Gasteiger partial charge in [-0.1, -0.05) is 17.7 Å². The van der Waals surface area contributed by atoms with Crippen LogP contribution in [0, 0.1) is 11.6 Å². The maximum Gasteiger partial charge on any atom is 0.159 e. The zero-order chi connectivity index (χ0) is 11.7. The Labute approximate surface area is 95.7 Å². The second-order valence-electron chi connectivity index (χ2n) is 3.22. The molecule has 1 heterocycles. The summed E-state index contributed by atoms with van der Waals surface area (Å²) in [4.78, 5) is 3.84. The van der Waals surface area contributed by atoms with E-state index in [4.69, 9.17) is 17.3 Å². The molecule has 0 fully saturated rings. The Balaban J connectivity index is 2.58. The average molecular weight is 241 g/mol. The topological polar surface area (TPSA) is 38.9 Å². The largest absolute Gasteiger partial charge is 0.383 e. The molecule has 1 aromatic carbocycles. The lowest BCUT2D eigenvalue weighted by Crippen LogP contribution is -1.94. The van der Waals surface area contributed by atoms with Crippen molar-refractivity contribution in [2.24, 2.45) is 0 Å². The first-order valence-corrected chi connectivity index (χ1v) is 4.82. The third kappa shape index (κ3) is 1.97. The highest BCUT2D eigenvalue weighted by atomic mass is 35.5. The molecular formula is C11H7ClF2N2. The van der Waals surface area contributed by atoms with Crippen LogP contribution in [-0.4, -0.2) is 4.98 Å². The summed E-state index contributed by atoms with van der Waals surface area (Å²) in [5.74, 6) is -1.62. The zero-order valence-electron chi connectivity index (χ0n) is 8.05. The summed E-state index contributed by atoms with van der Waals surface area (Å²) in [6.07, 6.45) is 1.39. The van der Waals surface area contributed by atoms with E-state index in [0.29, 0.717) is 16.1 Å². The lowest BCUT2D eigenvalue weighted by molar-refractivity contribution is 0.509. The van der Waals surface area contributed by atoms with E-state index in [0.717, 1.165) is 12.1 Å². The van der Waals surface area contributed by atoms with Gasteiger partial charge in [0.1, 0.15) is 5.82 Å². The van der Waals surface area contributed by atoms with Gasteiger partial charge in [0.2, 0.25) is 0 Å². The molecule has 2 nitrogen and oxygen atoms in total. The van der Waals surface area contributed by atoms with E-state index in [-0.39, 0.29) is 5.82 Å². The van der Waals surface area contributed by atoms with Crippen molar-refractivity contribution in [1.29, 1.82) is 0 Å². The number of halogens is 3. The molecule has 2 aromatic rings. The molecule has 0 saturated carbocycles. The van der Waals surface area contributed by atoms with Crippen molar-refractivity contribution in [3.05, 3.63) is 47.1 Å². The Kier molecular flexibility index (Phi) is 2.75. The summed E-state index contributed by atoms with van der Waals surface area (Å²) in [7, 11) is 0. The molecule has 2 rings (SSSR count). The molecule has 0 aliphatic heterocycles. The minimum Gasteiger partial charge on any atom is -0.383 e. The highest BCUT2D eigenvalue weighted by Crippen LogP contribution is 2.27. The molecule has 0 saturated heterocycles. The summed E-state index contributed by atoms with van der Waals surface area (Å²) in [6, 6.07) is 5.06. The molecular weight excluding hydrogens is 234 g/mol. The van der Waals surface area contributed by atoms with Gasteiger partial charge in [0.15, 0.2) is 11.6 Å². The Morgan fingerprint density at radius 1 is 1.12 bits per heavy atom. The number of nitrogens with zero attached hydrogens (tertiary/aromatic N) is 1. The second-order valence-corrected chi connectivity index (χ2v) is 3.65. The molecule has 0 aliphatic carbocycles. The molecule has 0 bridgehead atoms. The summed E-state index contributed by atoms with van der Waals surface area (Å²) < 4.78 is 25.8. The number of anilines is 1. The number of aromatic nitrogens is 1. The SMILES string of the molecule is Nc1ncc(Cl)cc1-c1ccc(F)c(F)c1. The summed E-state index contributed by atoms with van der Waals surface area (Å²) in [5.41, 5.74) is 6.54. The fraction of sp³-hybridized carbons (Fsp3) is 0. The highest BCUT2D eigenvalue weighted by Gasteiger charge is 2.08. The van der Waals surface area contributed by atoms with Crippen LogP contribution in [0.2, 0.25) is 5.02 Å². The number of nitrogens with two attached hydrogens (primary N) is 1. The molecule has 0 spiro atoms. The molecule has 2 N–H and O–H groups in total. The standard InChI is InChI=1S/C11H7ClF2N2/c12-7-4-8(11(15)16-5-7)6-1-2-9(13)10(14)3-6/h1-5H,(H2,15,16). The fourth-order valence-corrected chi connectivity index (χ4v) is 1.50. The summed E-state index contributed by atoms with van der Waals surface area (Å²) in [5, 5.41) is 0.383. The van der Waals surface area contributed by atoms with Crippen LogP contribution in [0.15, 0.2) is 30.5 Å². The van der Waals surface area contributed by atoms with Crippen LogP contribution < -0.4 is 5.73 Å². The van der Waals surface area contributed by atoms with Gasteiger partial charge >= 0.3 is 0 Å². The molecule has 5 heteroatoms. The minimum absolute atomic E-state index is 0.218. The maximum absolute atomic E-state index is 13.0. The number of nitrogen functional groups attached to an aromatic ring is 1. The number of benzene rings is 1. The lowest BCUT2D eigenvalue weighted by atomic mass is 10.1. The molecule has 82 valence electrons. The Hall–Kier alpha value is -1.68. The van der Waals surface area contributed by atoms with Gasteiger partial charge in [-0.2, -0.15) is 0 Å². The third-order valence-electron chi connectivity index (χ3n) is 2.12. The van der Waals surface area contributed by atoms with Crippen molar-refractivity contribution >= 4 is 17.4 Å². The summed E-state index contributed by atoms with van der Waals surface area (Å²) in [6.45, 7) is 0. The van der Waals surface area contributed by atoms with Crippen molar-refractivity contribution in [3.63, 3.8) is 0 Å². The maximum atomic E-state index is 13.0. The van der Waals surface area contributed by atoms with Crippen LogP contribution in [-0.2, 0) is 0 Å². The molecule has 1 aromatic heterocycles. The van der Waals surface area contributed by atoms with E-state index < -0.39 is 11.6 Å². The van der Waals surface area contributed by atoms with Gasteiger partial charge < -0.3 is 5.73 Å². The molecule has 0 atom stereocenters. The van der Waals surface area contributed by atoms with Gasteiger partial charge in [-0.25, -0.2) is 13.8 Å². The molecule has 0 aliphatic rings. The van der Waals surface area contributed by atoms with Gasteiger partial charge in [-0.15, -0.1) is 0 Å². The number of rotatable bonds is 1. The van der Waals surface area contributed by atoms with Gasteiger partial charge in [-0.05, 0) is 23.8 Å². The van der Waals surface area contributed by atoms with E-state index >= 15 is 0 Å². The first-order chi connectivity index (χ1) is 7.58. The Bertz CT molecular complexity index is 544. The van der Waals surface area contributed by atoms with Gasteiger partial charge in [0, 0.05) is 11.8 Å². The summed E-state index contributed by atoms with van der Waals surface area (Å²) >= 11 is 5.75. The predicted octanol–water partition coefficient (Wildman–Crippen LogP) is 3.26.